The number of hydrogen-bond acceptors (Lipinski definition) is 3. The molecule has 0 radical (unpaired) electrons. The van der Waals surface area contributed by atoms with Crippen LogP contribution >= 0.6 is 0 Å². The van der Waals surface area contributed by atoms with Gasteiger partial charge in [-0.2, -0.15) is 5.10 Å². The first-order valence-corrected chi connectivity index (χ1v) is 8.98. The molecular weight excluding hydrogens is 324 g/mol. The van der Waals surface area contributed by atoms with Gasteiger partial charge in [-0.1, -0.05) is 36.4 Å². The zero-order chi connectivity index (χ0) is 18.1. The van der Waals surface area contributed by atoms with E-state index in [-0.39, 0.29) is 11.9 Å². The number of nitrogens with zero attached hydrogens (tertiary/aromatic N) is 4. The maximum absolute atomic E-state index is 13.5. The molecule has 1 atom stereocenters. The third-order valence-corrected chi connectivity index (χ3v) is 4.90. The van der Waals surface area contributed by atoms with E-state index in [4.69, 9.17) is 0 Å². The van der Waals surface area contributed by atoms with Crippen molar-refractivity contribution in [2.24, 2.45) is 7.05 Å². The van der Waals surface area contributed by atoms with E-state index in [9.17, 15) is 4.79 Å². The number of carbonyl (C=O) groups is 1. The summed E-state index contributed by atoms with van der Waals surface area (Å²) in [6.45, 7) is 2.03. The number of aryl methyl sites for hydroxylation is 1. The van der Waals surface area contributed by atoms with Gasteiger partial charge in [-0.05, 0) is 43.5 Å². The molecule has 5 nitrogen and oxygen atoms in total. The van der Waals surface area contributed by atoms with Crippen LogP contribution in [0.1, 0.15) is 53.5 Å². The summed E-state index contributed by atoms with van der Waals surface area (Å²) >= 11 is 0. The van der Waals surface area contributed by atoms with E-state index < -0.39 is 0 Å². The Kier molecular flexibility index (Phi) is 4.29. The Morgan fingerprint density at radius 3 is 2.54 bits per heavy atom. The van der Waals surface area contributed by atoms with Crippen LogP contribution in [0.25, 0.3) is 0 Å². The van der Waals surface area contributed by atoms with Gasteiger partial charge < -0.3 is 0 Å². The van der Waals surface area contributed by atoms with Gasteiger partial charge >= 0.3 is 0 Å². The van der Waals surface area contributed by atoms with Crippen LogP contribution in [0.3, 0.4) is 0 Å². The highest BCUT2D eigenvalue weighted by molar-refractivity contribution is 6.05. The first-order chi connectivity index (χ1) is 12.6. The van der Waals surface area contributed by atoms with E-state index in [1.165, 1.54) is 0 Å². The van der Waals surface area contributed by atoms with E-state index in [2.05, 4.69) is 10.1 Å². The maximum atomic E-state index is 13.5. The quantitative estimate of drug-likeness (QED) is 0.699. The van der Waals surface area contributed by atoms with Gasteiger partial charge in [0.05, 0.1) is 11.7 Å². The molecule has 0 N–H and O–H groups in total. The number of carbonyl (C=O) groups excluding carboxylic acids is 1. The average Bonchev–Trinajstić information content (AvgIpc) is 3.45. The highest BCUT2D eigenvalue weighted by Gasteiger charge is 2.31. The number of hydrogen-bond donors (Lipinski definition) is 0. The molecule has 5 heteroatoms. The SMILES string of the molecule is CC(c1ccccc1)N(C(=O)c1cc(C2CC2)nn1C)c1ccccn1. The van der Waals surface area contributed by atoms with Gasteiger partial charge in [0.2, 0.25) is 0 Å². The molecule has 132 valence electrons. The molecule has 1 fully saturated rings. The summed E-state index contributed by atoms with van der Waals surface area (Å²) in [7, 11) is 1.84. The molecular formula is C21H22N4O. The van der Waals surface area contributed by atoms with Crippen LogP contribution in [0, 0.1) is 0 Å². The minimum atomic E-state index is -0.141. The fourth-order valence-corrected chi connectivity index (χ4v) is 3.25. The molecule has 0 bridgehead atoms. The van der Waals surface area contributed by atoms with Gasteiger partial charge in [0, 0.05) is 19.2 Å². The Hall–Kier alpha value is -2.95. The summed E-state index contributed by atoms with van der Waals surface area (Å²) in [5.41, 5.74) is 2.68. The standard InChI is InChI=1S/C21H22N4O/c1-15(16-8-4-3-5-9-16)25(20-10-6-7-13-22-20)21(26)19-14-18(17-11-12-17)23-24(19)2/h3-10,13-15,17H,11-12H2,1-2H3. The topological polar surface area (TPSA) is 51.0 Å². The Morgan fingerprint density at radius 1 is 1.15 bits per heavy atom. The van der Waals surface area contributed by atoms with Crippen molar-refractivity contribution in [3.05, 3.63) is 77.7 Å². The second-order valence-corrected chi connectivity index (χ2v) is 6.80. The molecule has 26 heavy (non-hydrogen) atoms. The van der Waals surface area contributed by atoms with Crippen LogP contribution in [-0.4, -0.2) is 20.7 Å². The Bertz CT molecular complexity index is 900. The van der Waals surface area contributed by atoms with Crippen molar-refractivity contribution in [1.82, 2.24) is 14.8 Å². The first kappa shape index (κ1) is 16.5. The van der Waals surface area contributed by atoms with Gasteiger partial charge in [0.25, 0.3) is 5.91 Å². The normalized spacial score (nSPS) is 14.8. The van der Waals surface area contributed by atoms with E-state index in [0.717, 1.165) is 24.1 Å². The fourth-order valence-electron chi connectivity index (χ4n) is 3.25. The molecule has 4 rings (SSSR count). The second kappa shape index (κ2) is 6.75. The minimum absolute atomic E-state index is 0.0815. The smallest absolute Gasteiger partial charge is 0.278 e. The van der Waals surface area contributed by atoms with E-state index in [1.807, 2.05) is 68.6 Å². The summed E-state index contributed by atoms with van der Waals surface area (Å²) in [4.78, 5) is 19.6. The van der Waals surface area contributed by atoms with Crippen molar-refractivity contribution in [3.63, 3.8) is 0 Å². The van der Waals surface area contributed by atoms with Gasteiger partial charge in [-0.25, -0.2) is 4.98 Å². The third kappa shape index (κ3) is 3.12. The van der Waals surface area contributed by atoms with Crippen LogP contribution < -0.4 is 4.90 Å². The lowest BCUT2D eigenvalue weighted by Crippen LogP contribution is -2.35. The molecule has 2 aromatic heterocycles. The van der Waals surface area contributed by atoms with Crippen molar-refractivity contribution in [1.29, 1.82) is 0 Å². The summed E-state index contributed by atoms with van der Waals surface area (Å²) in [5.74, 6) is 1.07. The van der Waals surface area contributed by atoms with Crippen LogP contribution in [0.4, 0.5) is 5.82 Å². The predicted molar refractivity (Wildman–Crippen MR) is 101 cm³/mol. The minimum Gasteiger partial charge on any atom is -0.284 e. The second-order valence-electron chi connectivity index (χ2n) is 6.80. The molecule has 1 aliphatic carbocycles. The van der Waals surface area contributed by atoms with Gasteiger partial charge in [0.1, 0.15) is 11.5 Å². The number of pyridine rings is 1. The first-order valence-electron chi connectivity index (χ1n) is 8.98. The molecule has 3 aromatic rings. The lowest BCUT2D eigenvalue weighted by Gasteiger charge is -2.28. The zero-order valence-electron chi connectivity index (χ0n) is 15.0. The molecule has 2 heterocycles. The van der Waals surface area contributed by atoms with Gasteiger partial charge in [-0.3, -0.25) is 14.4 Å². The van der Waals surface area contributed by atoms with E-state index in [1.54, 1.807) is 15.8 Å². The fraction of sp³-hybridized carbons (Fsp3) is 0.286. The molecule has 1 aromatic carbocycles. The van der Waals surface area contributed by atoms with Crippen LogP contribution in [0.2, 0.25) is 0 Å². The monoisotopic (exact) mass is 346 g/mol. The highest BCUT2D eigenvalue weighted by atomic mass is 16.2. The molecule has 1 aliphatic rings. The summed E-state index contributed by atoms with van der Waals surface area (Å²) in [6, 6.07) is 17.4. The highest BCUT2D eigenvalue weighted by Crippen LogP contribution is 2.39. The van der Waals surface area contributed by atoms with Crippen molar-refractivity contribution in [3.8, 4) is 0 Å². The molecule has 0 aliphatic heterocycles. The molecule has 1 amide bonds. The number of anilines is 1. The molecule has 1 unspecified atom stereocenters. The Balaban J connectivity index is 1.74. The zero-order valence-corrected chi connectivity index (χ0v) is 15.0. The molecule has 1 saturated carbocycles. The molecule has 0 saturated heterocycles. The van der Waals surface area contributed by atoms with Gasteiger partial charge in [0.15, 0.2) is 0 Å². The summed E-state index contributed by atoms with van der Waals surface area (Å²) < 4.78 is 1.70. The van der Waals surface area contributed by atoms with Crippen molar-refractivity contribution < 1.29 is 4.79 Å². The Morgan fingerprint density at radius 2 is 1.88 bits per heavy atom. The number of amides is 1. The van der Waals surface area contributed by atoms with E-state index in [0.29, 0.717) is 17.4 Å². The third-order valence-electron chi connectivity index (χ3n) is 4.90. The number of rotatable bonds is 5. The van der Waals surface area contributed by atoms with Crippen molar-refractivity contribution >= 4 is 11.7 Å². The van der Waals surface area contributed by atoms with E-state index >= 15 is 0 Å². The summed E-state index contributed by atoms with van der Waals surface area (Å²) in [6.07, 6.45) is 4.04. The lowest BCUT2D eigenvalue weighted by molar-refractivity contribution is 0.0968. The van der Waals surface area contributed by atoms with Gasteiger partial charge in [-0.15, -0.1) is 0 Å². The number of benzene rings is 1. The largest absolute Gasteiger partial charge is 0.284 e. The van der Waals surface area contributed by atoms with Crippen molar-refractivity contribution in [2.45, 2.75) is 31.7 Å². The Labute approximate surface area is 153 Å². The average molecular weight is 346 g/mol. The van der Waals surface area contributed by atoms with Crippen molar-refractivity contribution in [2.75, 3.05) is 4.90 Å². The summed E-state index contributed by atoms with van der Waals surface area (Å²) in [5, 5.41) is 4.55. The molecule has 0 spiro atoms. The lowest BCUT2D eigenvalue weighted by atomic mass is 10.1. The predicted octanol–water partition coefficient (Wildman–Crippen LogP) is 4.10. The maximum Gasteiger partial charge on any atom is 0.278 e. The van der Waals surface area contributed by atoms with Crippen LogP contribution in [-0.2, 0) is 7.05 Å². The number of aromatic nitrogens is 3. The van der Waals surface area contributed by atoms with Crippen LogP contribution in [0.5, 0.6) is 0 Å². The van der Waals surface area contributed by atoms with Crippen LogP contribution in [0.15, 0.2) is 60.8 Å².